The van der Waals surface area contributed by atoms with Gasteiger partial charge in [0.1, 0.15) is 12.7 Å². The molecule has 0 saturated heterocycles. The maximum Gasteiger partial charge on any atom is 0.470 e. The van der Waals surface area contributed by atoms with Gasteiger partial charge in [-0.2, -0.15) is 0 Å². The molecule has 0 amide bonds. The molecule has 0 saturated carbocycles. The number of carbonyl (C=O) groups excluding carboxylic acids is 1. The van der Waals surface area contributed by atoms with E-state index in [1.807, 2.05) is 0 Å². The van der Waals surface area contributed by atoms with Gasteiger partial charge >= 0.3 is 13.8 Å². The summed E-state index contributed by atoms with van der Waals surface area (Å²) in [6.07, 6.45) is 0.287. The SMILES string of the molecule is CC=C(C)C(=O)OCC(CO)OP(=O)(O)O. The van der Waals surface area contributed by atoms with Crippen LogP contribution in [-0.2, 0) is 18.6 Å². The van der Waals surface area contributed by atoms with Crippen molar-refractivity contribution >= 4 is 13.8 Å². The molecule has 0 spiro atoms. The summed E-state index contributed by atoms with van der Waals surface area (Å²) in [6.45, 7) is 2.09. The number of ether oxygens (including phenoxy) is 1. The monoisotopic (exact) mass is 254 g/mol. The van der Waals surface area contributed by atoms with E-state index >= 15 is 0 Å². The van der Waals surface area contributed by atoms with Crippen LogP contribution in [0.1, 0.15) is 13.8 Å². The van der Waals surface area contributed by atoms with E-state index in [0.717, 1.165) is 0 Å². The molecule has 0 bridgehead atoms. The van der Waals surface area contributed by atoms with E-state index in [0.29, 0.717) is 5.57 Å². The van der Waals surface area contributed by atoms with Gasteiger partial charge in [0.25, 0.3) is 0 Å². The maximum atomic E-state index is 11.1. The average molecular weight is 254 g/mol. The van der Waals surface area contributed by atoms with Crippen molar-refractivity contribution in [1.29, 1.82) is 0 Å². The third-order valence-corrected chi connectivity index (χ3v) is 2.22. The smallest absolute Gasteiger partial charge is 0.459 e. The predicted molar refractivity (Wildman–Crippen MR) is 54.4 cm³/mol. The van der Waals surface area contributed by atoms with Crippen molar-refractivity contribution in [1.82, 2.24) is 0 Å². The lowest BCUT2D eigenvalue weighted by atomic mass is 10.3. The third-order valence-electron chi connectivity index (χ3n) is 1.65. The highest BCUT2D eigenvalue weighted by Crippen LogP contribution is 2.37. The number of esters is 1. The number of hydrogen-bond donors (Lipinski definition) is 3. The summed E-state index contributed by atoms with van der Waals surface area (Å²) in [6, 6.07) is 0. The van der Waals surface area contributed by atoms with Gasteiger partial charge in [0.2, 0.25) is 0 Å². The van der Waals surface area contributed by atoms with Gasteiger partial charge in [-0.3, -0.25) is 4.52 Å². The molecule has 7 nitrogen and oxygen atoms in total. The van der Waals surface area contributed by atoms with Crippen LogP contribution in [0.2, 0.25) is 0 Å². The number of carbonyl (C=O) groups is 1. The Morgan fingerprint density at radius 2 is 2.06 bits per heavy atom. The van der Waals surface area contributed by atoms with Gasteiger partial charge in [0.15, 0.2) is 0 Å². The van der Waals surface area contributed by atoms with Gasteiger partial charge in [-0.1, -0.05) is 6.08 Å². The van der Waals surface area contributed by atoms with Crippen LogP contribution in [0.4, 0.5) is 0 Å². The molecule has 1 unspecified atom stereocenters. The largest absolute Gasteiger partial charge is 0.470 e. The molecular weight excluding hydrogens is 239 g/mol. The first kappa shape index (κ1) is 15.3. The normalized spacial score (nSPS) is 14.7. The zero-order chi connectivity index (χ0) is 12.8. The van der Waals surface area contributed by atoms with Gasteiger partial charge in [0, 0.05) is 5.57 Å². The van der Waals surface area contributed by atoms with Crippen molar-refractivity contribution in [2.75, 3.05) is 13.2 Å². The molecule has 94 valence electrons. The molecule has 0 aliphatic rings. The topological polar surface area (TPSA) is 113 Å². The number of phosphoric acid groups is 1. The molecule has 0 aromatic carbocycles. The van der Waals surface area contributed by atoms with Crippen molar-refractivity contribution < 1.29 is 33.5 Å². The van der Waals surface area contributed by atoms with E-state index in [2.05, 4.69) is 9.26 Å². The second kappa shape index (κ2) is 6.78. The second-order valence-electron chi connectivity index (χ2n) is 2.97. The summed E-state index contributed by atoms with van der Waals surface area (Å²) in [4.78, 5) is 28.1. The van der Waals surface area contributed by atoms with E-state index in [9.17, 15) is 9.36 Å². The Hall–Kier alpha value is -0.720. The Morgan fingerprint density at radius 3 is 2.44 bits per heavy atom. The molecule has 8 heteroatoms. The molecule has 0 aromatic rings. The highest BCUT2D eigenvalue weighted by Gasteiger charge is 2.23. The predicted octanol–water partition coefficient (Wildman–Crippen LogP) is -0.0340. The average Bonchev–Trinajstić information content (AvgIpc) is 2.20. The van der Waals surface area contributed by atoms with Crippen molar-refractivity contribution in [2.24, 2.45) is 0 Å². The lowest BCUT2D eigenvalue weighted by Gasteiger charge is -2.15. The van der Waals surface area contributed by atoms with E-state index in [4.69, 9.17) is 14.9 Å². The Balaban J connectivity index is 4.16. The number of aliphatic hydroxyl groups is 1. The van der Waals surface area contributed by atoms with Crippen molar-refractivity contribution in [3.63, 3.8) is 0 Å². The van der Waals surface area contributed by atoms with Gasteiger partial charge in [-0.15, -0.1) is 0 Å². The fraction of sp³-hybridized carbons (Fsp3) is 0.625. The highest BCUT2D eigenvalue weighted by molar-refractivity contribution is 7.46. The standard InChI is InChI=1S/C8H15O7P/c1-3-6(2)8(10)14-5-7(4-9)15-16(11,12)13/h3,7,9H,4-5H2,1-2H3,(H2,11,12,13). The minimum Gasteiger partial charge on any atom is -0.459 e. The Kier molecular flexibility index (Phi) is 6.47. The van der Waals surface area contributed by atoms with Gasteiger partial charge in [-0.05, 0) is 13.8 Å². The minimum absolute atomic E-state index is 0.355. The maximum absolute atomic E-state index is 11.1. The van der Waals surface area contributed by atoms with Crippen LogP contribution in [-0.4, -0.2) is 40.2 Å². The van der Waals surface area contributed by atoms with Crippen LogP contribution in [0.25, 0.3) is 0 Å². The van der Waals surface area contributed by atoms with Crippen LogP contribution < -0.4 is 0 Å². The number of rotatable bonds is 6. The number of phosphoric ester groups is 1. The first-order valence-electron chi connectivity index (χ1n) is 4.45. The molecule has 16 heavy (non-hydrogen) atoms. The van der Waals surface area contributed by atoms with E-state index in [-0.39, 0.29) is 0 Å². The van der Waals surface area contributed by atoms with Crippen molar-refractivity contribution in [3.05, 3.63) is 11.6 Å². The van der Waals surface area contributed by atoms with Gasteiger partial charge < -0.3 is 19.6 Å². The van der Waals surface area contributed by atoms with Crippen molar-refractivity contribution in [3.8, 4) is 0 Å². The van der Waals surface area contributed by atoms with E-state index in [1.165, 1.54) is 13.0 Å². The summed E-state index contributed by atoms with van der Waals surface area (Å²) in [7, 11) is -4.69. The summed E-state index contributed by atoms with van der Waals surface area (Å²) in [5.74, 6) is -0.629. The molecular formula is C8H15O7P. The number of aliphatic hydroxyl groups excluding tert-OH is 1. The molecule has 0 fully saturated rings. The molecule has 0 aliphatic carbocycles. The number of allylic oxidation sites excluding steroid dienone is 1. The van der Waals surface area contributed by atoms with Gasteiger partial charge in [0.05, 0.1) is 6.61 Å². The van der Waals surface area contributed by atoms with Crippen LogP contribution in [0.5, 0.6) is 0 Å². The van der Waals surface area contributed by atoms with Crippen LogP contribution >= 0.6 is 7.82 Å². The van der Waals surface area contributed by atoms with Gasteiger partial charge in [-0.25, -0.2) is 9.36 Å². The molecule has 0 rings (SSSR count). The van der Waals surface area contributed by atoms with Crippen LogP contribution in [0.3, 0.4) is 0 Å². The molecule has 1 atom stereocenters. The quantitative estimate of drug-likeness (QED) is 0.346. The van der Waals surface area contributed by atoms with Crippen molar-refractivity contribution in [2.45, 2.75) is 20.0 Å². The Morgan fingerprint density at radius 1 is 1.50 bits per heavy atom. The first-order valence-corrected chi connectivity index (χ1v) is 5.98. The zero-order valence-corrected chi connectivity index (χ0v) is 9.89. The summed E-state index contributed by atoms with van der Waals surface area (Å²) >= 11 is 0. The third kappa shape index (κ3) is 6.71. The molecule has 0 radical (unpaired) electrons. The minimum atomic E-state index is -4.69. The van der Waals surface area contributed by atoms with E-state index < -0.39 is 33.1 Å². The number of hydrogen-bond acceptors (Lipinski definition) is 5. The zero-order valence-electron chi connectivity index (χ0n) is 8.99. The molecule has 0 aromatic heterocycles. The first-order chi connectivity index (χ1) is 7.30. The molecule has 0 aliphatic heterocycles. The lowest BCUT2D eigenvalue weighted by molar-refractivity contribution is -0.142. The summed E-state index contributed by atoms with van der Waals surface area (Å²) in [5.41, 5.74) is 0.355. The fourth-order valence-corrected chi connectivity index (χ4v) is 1.23. The summed E-state index contributed by atoms with van der Waals surface area (Å²) < 4.78 is 19.3. The van der Waals surface area contributed by atoms with E-state index in [1.54, 1.807) is 6.92 Å². The Labute approximate surface area is 92.9 Å². The molecule has 3 N–H and O–H groups in total. The summed E-state index contributed by atoms with van der Waals surface area (Å²) in [5, 5.41) is 8.72. The Bertz CT molecular complexity index is 306. The fourth-order valence-electron chi connectivity index (χ4n) is 0.711. The highest BCUT2D eigenvalue weighted by atomic mass is 31.2. The van der Waals surface area contributed by atoms with Crippen LogP contribution in [0.15, 0.2) is 11.6 Å². The second-order valence-corrected chi connectivity index (χ2v) is 4.16. The lowest BCUT2D eigenvalue weighted by Crippen LogP contribution is -2.25. The van der Waals surface area contributed by atoms with Crippen LogP contribution in [0, 0.1) is 0 Å². The molecule has 0 heterocycles.